The molecule has 7 heteroatoms. The van der Waals surface area contributed by atoms with Crippen LogP contribution in [0.1, 0.15) is 64.0 Å². The Balaban J connectivity index is 1.51. The van der Waals surface area contributed by atoms with E-state index in [9.17, 15) is 4.79 Å². The van der Waals surface area contributed by atoms with Gasteiger partial charge in [-0.25, -0.2) is 0 Å². The van der Waals surface area contributed by atoms with Gasteiger partial charge in [-0.1, -0.05) is 0 Å². The molecule has 6 nitrogen and oxygen atoms in total. The SMILES string of the molecule is CN(C)Cc1nnc([C@H]2CCCN(C(=O)c3csc4c3CCCC4)C2)n1C. The van der Waals surface area contributed by atoms with Crippen LogP contribution in [-0.4, -0.2) is 57.7 Å². The van der Waals surface area contributed by atoms with Crippen LogP contribution >= 0.6 is 11.3 Å². The highest BCUT2D eigenvalue weighted by Gasteiger charge is 2.31. The maximum Gasteiger partial charge on any atom is 0.255 e. The summed E-state index contributed by atoms with van der Waals surface area (Å²) >= 11 is 1.77. The summed E-state index contributed by atoms with van der Waals surface area (Å²) in [6.07, 6.45) is 6.77. The van der Waals surface area contributed by atoms with Gasteiger partial charge in [0.15, 0.2) is 0 Å². The van der Waals surface area contributed by atoms with Gasteiger partial charge in [0.1, 0.15) is 11.6 Å². The van der Waals surface area contributed by atoms with E-state index < -0.39 is 0 Å². The van der Waals surface area contributed by atoms with Gasteiger partial charge in [-0.2, -0.15) is 0 Å². The zero-order valence-corrected chi connectivity index (χ0v) is 17.4. The van der Waals surface area contributed by atoms with Crippen molar-refractivity contribution in [1.29, 1.82) is 0 Å². The Labute approximate surface area is 165 Å². The molecule has 0 N–H and O–H groups in total. The zero-order chi connectivity index (χ0) is 19.0. The van der Waals surface area contributed by atoms with E-state index in [0.717, 1.165) is 62.5 Å². The second kappa shape index (κ2) is 7.72. The molecule has 2 aromatic rings. The molecule has 1 atom stereocenters. The maximum atomic E-state index is 13.2. The molecular formula is C20H29N5OS. The van der Waals surface area contributed by atoms with Crippen molar-refractivity contribution in [3.63, 3.8) is 0 Å². The van der Waals surface area contributed by atoms with Crippen LogP contribution in [0.2, 0.25) is 0 Å². The largest absolute Gasteiger partial charge is 0.338 e. The lowest BCUT2D eigenvalue weighted by Crippen LogP contribution is -2.40. The summed E-state index contributed by atoms with van der Waals surface area (Å²) in [4.78, 5) is 18.8. The lowest BCUT2D eigenvalue weighted by Gasteiger charge is -2.32. The van der Waals surface area contributed by atoms with Gasteiger partial charge in [0.2, 0.25) is 0 Å². The Hall–Kier alpha value is -1.73. The molecular weight excluding hydrogens is 358 g/mol. The van der Waals surface area contributed by atoms with Crippen molar-refractivity contribution in [2.24, 2.45) is 7.05 Å². The molecule has 1 fully saturated rings. The number of hydrogen-bond donors (Lipinski definition) is 0. The van der Waals surface area contributed by atoms with Crippen LogP contribution in [0, 0.1) is 0 Å². The van der Waals surface area contributed by atoms with E-state index in [1.165, 1.54) is 23.3 Å². The molecule has 1 saturated heterocycles. The van der Waals surface area contributed by atoms with Gasteiger partial charge >= 0.3 is 0 Å². The number of piperidine rings is 1. The van der Waals surface area contributed by atoms with Crippen molar-refractivity contribution in [2.45, 2.75) is 51.0 Å². The molecule has 0 unspecified atom stereocenters. The minimum absolute atomic E-state index is 0.217. The van der Waals surface area contributed by atoms with Crippen LogP contribution < -0.4 is 0 Å². The predicted octanol–water partition coefficient (Wildman–Crippen LogP) is 2.84. The zero-order valence-electron chi connectivity index (χ0n) is 16.6. The fourth-order valence-electron chi connectivity index (χ4n) is 4.37. The molecule has 27 heavy (non-hydrogen) atoms. The first-order chi connectivity index (χ1) is 13.0. The molecule has 1 amide bonds. The van der Waals surface area contributed by atoms with Gasteiger partial charge in [-0.05, 0) is 58.2 Å². The normalized spacial score (nSPS) is 20.1. The quantitative estimate of drug-likeness (QED) is 0.810. The van der Waals surface area contributed by atoms with Gasteiger partial charge in [-0.3, -0.25) is 4.79 Å². The average Bonchev–Trinajstić information content (AvgIpc) is 3.25. The number of fused-ring (bicyclic) bond motifs is 1. The number of aromatic nitrogens is 3. The minimum atomic E-state index is 0.217. The van der Waals surface area contributed by atoms with E-state index in [2.05, 4.69) is 25.0 Å². The first-order valence-corrected chi connectivity index (χ1v) is 10.8. The molecule has 1 aliphatic carbocycles. The summed E-state index contributed by atoms with van der Waals surface area (Å²) in [6, 6.07) is 0. The summed E-state index contributed by atoms with van der Waals surface area (Å²) in [5.41, 5.74) is 2.28. The third-order valence-corrected chi connectivity index (χ3v) is 6.91. The number of nitrogens with zero attached hydrogens (tertiary/aromatic N) is 5. The summed E-state index contributed by atoms with van der Waals surface area (Å²) in [6.45, 7) is 2.37. The lowest BCUT2D eigenvalue weighted by molar-refractivity contribution is 0.0702. The highest BCUT2D eigenvalue weighted by Crippen LogP contribution is 2.33. The van der Waals surface area contributed by atoms with E-state index in [4.69, 9.17) is 0 Å². The summed E-state index contributed by atoms with van der Waals surface area (Å²) in [7, 11) is 6.12. The molecule has 146 valence electrons. The number of likely N-dealkylation sites (tertiary alicyclic amines) is 1. The number of hydrogen-bond acceptors (Lipinski definition) is 5. The van der Waals surface area contributed by atoms with Crippen molar-refractivity contribution in [3.05, 3.63) is 33.0 Å². The Morgan fingerprint density at radius 3 is 2.89 bits per heavy atom. The van der Waals surface area contributed by atoms with Gasteiger partial charge in [-0.15, -0.1) is 21.5 Å². The molecule has 3 heterocycles. The maximum absolute atomic E-state index is 13.2. The van der Waals surface area contributed by atoms with Crippen LogP contribution in [0.5, 0.6) is 0 Å². The predicted molar refractivity (Wildman–Crippen MR) is 107 cm³/mol. The second-order valence-electron chi connectivity index (χ2n) is 8.12. The molecule has 0 saturated carbocycles. The van der Waals surface area contributed by atoms with Crippen LogP contribution in [0.15, 0.2) is 5.38 Å². The number of aryl methyl sites for hydroxylation is 1. The van der Waals surface area contributed by atoms with Crippen molar-refractivity contribution < 1.29 is 4.79 Å². The minimum Gasteiger partial charge on any atom is -0.338 e. The molecule has 0 aromatic carbocycles. The molecule has 1 aliphatic heterocycles. The smallest absolute Gasteiger partial charge is 0.255 e. The Morgan fingerprint density at radius 1 is 1.26 bits per heavy atom. The van der Waals surface area contributed by atoms with Gasteiger partial charge in [0.25, 0.3) is 5.91 Å². The van der Waals surface area contributed by atoms with Crippen molar-refractivity contribution in [1.82, 2.24) is 24.6 Å². The average molecular weight is 388 g/mol. The fourth-order valence-corrected chi connectivity index (χ4v) is 5.49. The highest BCUT2D eigenvalue weighted by molar-refractivity contribution is 7.10. The van der Waals surface area contributed by atoms with E-state index in [-0.39, 0.29) is 11.8 Å². The highest BCUT2D eigenvalue weighted by atomic mass is 32.1. The van der Waals surface area contributed by atoms with Crippen LogP contribution in [0.4, 0.5) is 0 Å². The molecule has 0 radical (unpaired) electrons. The van der Waals surface area contributed by atoms with Crippen molar-refractivity contribution in [2.75, 3.05) is 27.2 Å². The van der Waals surface area contributed by atoms with Gasteiger partial charge in [0, 0.05) is 36.3 Å². The molecule has 2 aromatic heterocycles. The monoisotopic (exact) mass is 387 g/mol. The number of carbonyl (C=O) groups excluding carboxylic acids is 1. The van der Waals surface area contributed by atoms with E-state index >= 15 is 0 Å². The van der Waals surface area contributed by atoms with E-state index in [0.29, 0.717) is 0 Å². The third-order valence-electron chi connectivity index (χ3n) is 5.82. The first-order valence-electron chi connectivity index (χ1n) is 9.96. The number of amides is 1. The van der Waals surface area contributed by atoms with Gasteiger partial charge in [0.05, 0.1) is 12.1 Å². The molecule has 0 bridgehead atoms. The fraction of sp³-hybridized carbons (Fsp3) is 0.650. The first kappa shape index (κ1) is 18.6. The van der Waals surface area contributed by atoms with Crippen LogP contribution in [0.3, 0.4) is 0 Å². The Kier molecular flexibility index (Phi) is 5.32. The van der Waals surface area contributed by atoms with Crippen LogP contribution in [0.25, 0.3) is 0 Å². The summed E-state index contributed by atoms with van der Waals surface area (Å²) in [5.74, 6) is 2.47. The Bertz CT molecular complexity index is 824. The van der Waals surface area contributed by atoms with Gasteiger partial charge < -0.3 is 14.4 Å². The topological polar surface area (TPSA) is 54.3 Å². The van der Waals surface area contributed by atoms with E-state index in [1.807, 2.05) is 26.0 Å². The van der Waals surface area contributed by atoms with Crippen molar-refractivity contribution in [3.8, 4) is 0 Å². The molecule has 2 aliphatic rings. The molecule has 0 spiro atoms. The number of thiophene rings is 1. The van der Waals surface area contributed by atoms with Crippen molar-refractivity contribution >= 4 is 17.2 Å². The third kappa shape index (κ3) is 3.67. The number of carbonyl (C=O) groups is 1. The second-order valence-corrected chi connectivity index (χ2v) is 9.08. The van der Waals surface area contributed by atoms with Crippen LogP contribution in [-0.2, 0) is 26.4 Å². The molecule has 4 rings (SSSR count). The lowest BCUT2D eigenvalue weighted by atomic mass is 9.93. The van der Waals surface area contributed by atoms with E-state index in [1.54, 1.807) is 11.3 Å². The number of rotatable bonds is 4. The summed E-state index contributed by atoms with van der Waals surface area (Å²) in [5, 5.41) is 10.9. The summed E-state index contributed by atoms with van der Waals surface area (Å²) < 4.78 is 2.12. The Morgan fingerprint density at radius 2 is 2.07 bits per heavy atom. The standard InChI is InChI=1S/C20H29N5OS/c1-23(2)12-18-21-22-19(24(18)3)14-7-6-10-25(11-14)20(26)16-13-27-17-9-5-4-8-15(16)17/h13-14H,4-12H2,1-3H3/t14-/m0/s1.